The second kappa shape index (κ2) is 6.75. The molecule has 6 nitrogen and oxygen atoms in total. The maximum Gasteiger partial charge on any atom is 0.274 e. The number of hydrogen-bond donors (Lipinski definition) is 1. The third kappa shape index (κ3) is 3.56. The van der Waals surface area contributed by atoms with E-state index < -0.39 is 11.8 Å². The van der Waals surface area contributed by atoms with Crippen LogP contribution in [0.1, 0.15) is 29.8 Å². The zero-order valence-electron chi connectivity index (χ0n) is 14.5. The normalized spacial score (nSPS) is 21.7. The van der Waals surface area contributed by atoms with Crippen LogP contribution in [0.25, 0.3) is 11.3 Å². The zero-order chi connectivity index (χ0) is 19.0. The summed E-state index contributed by atoms with van der Waals surface area (Å²) in [6.07, 6.45) is 1.05. The Balaban J connectivity index is 1.36. The number of halogens is 2. The molecule has 4 rings (SSSR count). The Labute approximate surface area is 154 Å². The molecular weight excluding hydrogens is 356 g/mol. The first-order chi connectivity index (χ1) is 12.9. The highest BCUT2D eigenvalue weighted by atomic mass is 19.3. The summed E-state index contributed by atoms with van der Waals surface area (Å²) in [7, 11) is 0. The van der Waals surface area contributed by atoms with E-state index in [4.69, 9.17) is 4.42 Å². The number of likely N-dealkylation sites (tertiary alicyclic amines) is 1. The zero-order valence-corrected chi connectivity index (χ0v) is 14.5. The van der Waals surface area contributed by atoms with E-state index in [-0.39, 0.29) is 36.4 Å². The molecule has 2 amide bonds. The van der Waals surface area contributed by atoms with E-state index in [9.17, 15) is 18.4 Å². The lowest BCUT2D eigenvalue weighted by molar-refractivity contribution is -0.158. The van der Waals surface area contributed by atoms with Crippen LogP contribution in [-0.4, -0.2) is 46.8 Å². The Kier molecular flexibility index (Phi) is 4.41. The van der Waals surface area contributed by atoms with Crippen molar-refractivity contribution in [2.45, 2.75) is 31.2 Å². The van der Waals surface area contributed by atoms with Gasteiger partial charge in [0, 0.05) is 43.5 Å². The van der Waals surface area contributed by atoms with E-state index in [0.717, 1.165) is 5.56 Å². The molecule has 2 fully saturated rings. The summed E-state index contributed by atoms with van der Waals surface area (Å²) in [5, 5.41) is 2.86. The predicted molar refractivity (Wildman–Crippen MR) is 92.1 cm³/mol. The van der Waals surface area contributed by atoms with Gasteiger partial charge >= 0.3 is 0 Å². The minimum Gasteiger partial charge on any atom is -0.443 e. The van der Waals surface area contributed by atoms with Gasteiger partial charge in [-0.25, -0.2) is 13.8 Å². The quantitative estimate of drug-likeness (QED) is 0.892. The molecule has 2 heterocycles. The van der Waals surface area contributed by atoms with E-state index in [1.54, 1.807) is 4.90 Å². The standard InChI is InChI=1S/C19H19F2N3O3/c20-19(21)8-13(9-19)18(26)24-7-6-14(10-24)23-17(25)15-16(27-11-22-15)12-4-2-1-3-5-12/h1-5,11,13-14H,6-10H2,(H,23,25)/t14-/m1/s1. The maximum absolute atomic E-state index is 13.0. The lowest BCUT2D eigenvalue weighted by atomic mass is 9.80. The number of alkyl halides is 2. The Bertz CT molecular complexity index is 845. The Morgan fingerprint density at radius 1 is 1.22 bits per heavy atom. The molecule has 1 aliphatic carbocycles. The summed E-state index contributed by atoms with van der Waals surface area (Å²) < 4.78 is 31.3. The average molecular weight is 375 g/mol. The number of benzene rings is 1. The van der Waals surface area contributed by atoms with Gasteiger partial charge in [0.25, 0.3) is 5.91 Å². The van der Waals surface area contributed by atoms with E-state index in [1.807, 2.05) is 30.3 Å². The van der Waals surface area contributed by atoms with Crippen LogP contribution in [-0.2, 0) is 4.79 Å². The van der Waals surface area contributed by atoms with E-state index in [2.05, 4.69) is 10.3 Å². The summed E-state index contributed by atoms with van der Waals surface area (Å²) in [6.45, 7) is 0.779. The Hall–Kier alpha value is -2.77. The molecular formula is C19H19F2N3O3. The Morgan fingerprint density at radius 2 is 1.96 bits per heavy atom. The van der Waals surface area contributed by atoms with Gasteiger partial charge in [-0.2, -0.15) is 0 Å². The molecule has 8 heteroatoms. The number of amides is 2. The van der Waals surface area contributed by atoms with Crippen molar-refractivity contribution < 1.29 is 22.8 Å². The average Bonchev–Trinajstić information content (AvgIpc) is 3.29. The predicted octanol–water partition coefficient (Wildman–Crippen LogP) is 2.72. The minimum absolute atomic E-state index is 0.185. The fourth-order valence-corrected chi connectivity index (χ4v) is 3.63. The third-order valence-corrected chi connectivity index (χ3v) is 5.09. The van der Waals surface area contributed by atoms with Crippen molar-refractivity contribution in [3.63, 3.8) is 0 Å². The molecule has 1 aliphatic heterocycles. The van der Waals surface area contributed by atoms with E-state index >= 15 is 0 Å². The second-order valence-corrected chi connectivity index (χ2v) is 7.10. The molecule has 0 spiro atoms. The number of carbonyl (C=O) groups excluding carboxylic acids is 2. The molecule has 1 aromatic heterocycles. The van der Waals surface area contributed by atoms with E-state index in [0.29, 0.717) is 25.3 Å². The van der Waals surface area contributed by atoms with Crippen LogP contribution < -0.4 is 5.32 Å². The molecule has 1 aromatic carbocycles. The summed E-state index contributed by atoms with van der Waals surface area (Å²) in [4.78, 5) is 30.4. The van der Waals surface area contributed by atoms with Gasteiger partial charge in [0.05, 0.1) is 0 Å². The van der Waals surface area contributed by atoms with Crippen molar-refractivity contribution >= 4 is 11.8 Å². The van der Waals surface area contributed by atoms with Crippen LogP contribution >= 0.6 is 0 Å². The fourth-order valence-electron chi connectivity index (χ4n) is 3.63. The molecule has 1 N–H and O–H groups in total. The van der Waals surface area contributed by atoms with Crippen LogP contribution in [0.2, 0.25) is 0 Å². The number of carbonyl (C=O) groups is 2. The molecule has 2 aliphatic rings. The van der Waals surface area contributed by atoms with Gasteiger partial charge in [-0.1, -0.05) is 30.3 Å². The number of hydrogen-bond acceptors (Lipinski definition) is 4. The molecule has 1 saturated carbocycles. The Morgan fingerprint density at radius 3 is 2.67 bits per heavy atom. The molecule has 142 valence electrons. The van der Waals surface area contributed by atoms with Gasteiger partial charge in [0.1, 0.15) is 0 Å². The van der Waals surface area contributed by atoms with Crippen molar-refractivity contribution in [2.24, 2.45) is 5.92 Å². The van der Waals surface area contributed by atoms with Crippen molar-refractivity contribution in [1.82, 2.24) is 15.2 Å². The topological polar surface area (TPSA) is 75.4 Å². The van der Waals surface area contributed by atoms with Crippen LogP contribution in [0.4, 0.5) is 8.78 Å². The lowest BCUT2D eigenvalue weighted by Crippen LogP contribution is -2.47. The number of nitrogens with one attached hydrogen (secondary N) is 1. The summed E-state index contributed by atoms with van der Waals surface area (Å²) in [5.41, 5.74) is 0.930. The van der Waals surface area contributed by atoms with E-state index in [1.165, 1.54) is 6.39 Å². The number of oxazole rings is 1. The molecule has 0 radical (unpaired) electrons. The van der Waals surface area contributed by atoms with Crippen molar-refractivity contribution in [1.29, 1.82) is 0 Å². The SMILES string of the molecule is O=C(N[C@@H]1CCN(C(=O)C2CC(F)(F)C2)C1)c1ncoc1-c1ccccc1. The third-order valence-electron chi connectivity index (χ3n) is 5.09. The minimum atomic E-state index is -2.71. The van der Waals surface area contributed by atoms with Gasteiger partial charge in [-0.15, -0.1) is 0 Å². The number of rotatable bonds is 4. The van der Waals surface area contributed by atoms with Gasteiger partial charge in [0.15, 0.2) is 17.8 Å². The van der Waals surface area contributed by atoms with Crippen LogP contribution in [0.15, 0.2) is 41.1 Å². The van der Waals surface area contributed by atoms with Crippen LogP contribution in [0.5, 0.6) is 0 Å². The second-order valence-electron chi connectivity index (χ2n) is 7.10. The summed E-state index contributed by atoms with van der Waals surface area (Å²) >= 11 is 0. The summed E-state index contributed by atoms with van der Waals surface area (Å²) in [6, 6.07) is 8.95. The number of nitrogens with zero attached hydrogens (tertiary/aromatic N) is 2. The molecule has 2 aromatic rings. The highest BCUT2D eigenvalue weighted by molar-refractivity contribution is 5.97. The largest absolute Gasteiger partial charge is 0.443 e. The van der Waals surface area contributed by atoms with Crippen LogP contribution in [0, 0.1) is 5.92 Å². The molecule has 1 atom stereocenters. The first-order valence-corrected chi connectivity index (χ1v) is 8.89. The first-order valence-electron chi connectivity index (χ1n) is 8.89. The summed E-state index contributed by atoms with van der Waals surface area (Å²) in [5.74, 6) is -3.55. The molecule has 1 saturated heterocycles. The number of aromatic nitrogens is 1. The molecule has 0 unspecified atom stereocenters. The monoisotopic (exact) mass is 375 g/mol. The fraction of sp³-hybridized carbons (Fsp3) is 0.421. The lowest BCUT2D eigenvalue weighted by Gasteiger charge is -2.36. The first kappa shape index (κ1) is 17.6. The van der Waals surface area contributed by atoms with Crippen molar-refractivity contribution in [3.8, 4) is 11.3 Å². The van der Waals surface area contributed by atoms with Crippen LogP contribution in [0.3, 0.4) is 0 Å². The van der Waals surface area contributed by atoms with Gasteiger partial charge in [0.2, 0.25) is 11.8 Å². The molecule has 0 bridgehead atoms. The smallest absolute Gasteiger partial charge is 0.274 e. The maximum atomic E-state index is 13.0. The van der Waals surface area contributed by atoms with Crippen molar-refractivity contribution in [2.75, 3.05) is 13.1 Å². The van der Waals surface area contributed by atoms with Gasteiger partial charge < -0.3 is 14.6 Å². The van der Waals surface area contributed by atoms with Gasteiger partial charge in [-0.05, 0) is 6.42 Å². The molecule has 27 heavy (non-hydrogen) atoms. The highest BCUT2D eigenvalue weighted by Crippen LogP contribution is 2.43. The highest BCUT2D eigenvalue weighted by Gasteiger charge is 2.50. The van der Waals surface area contributed by atoms with Gasteiger partial charge in [-0.3, -0.25) is 9.59 Å². The van der Waals surface area contributed by atoms with Crippen molar-refractivity contribution in [3.05, 3.63) is 42.4 Å².